The fourth-order valence-electron chi connectivity index (χ4n) is 1.49. The first kappa shape index (κ1) is 10.1. The fraction of sp³-hybridized carbons (Fsp3) is 0.500. The second-order valence-electron chi connectivity index (χ2n) is 4.23. The summed E-state index contributed by atoms with van der Waals surface area (Å²) in [4.78, 5) is 1.40. The van der Waals surface area contributed by atoms with Gasteiger partial charge in [-0.15, -0.1) is 11.8 Å². The molecule has 1 nitrogen and oxygen atoms in total. The third-order valence-corrected chi connectivity index (χ3v) is 4.02. The van der Waals surface area contributed by atoms with Crippen molar-refractivity contribution in [3.8, 4) is 0 Å². The van der Waals surface area contributed by atoms with Crippen LogP contribution in [0.25, 0.3) is 0 Å². The molecule has 0 bridgehead atoms. The van der Waals surface area contributed by atoms with E-state index in [2.05, 4.69) is 31.2 Å². The lowest BCUT2D eigenvalue weighted by Crippen LogP contribution is -2.21. The summed E-state index contributed by atoms with van der Waals surface area (Å²) >= 11 is 1.93. The molecule has 0 radical (unpaired) electrons. The third kappa shape index (κ3) is 2.52. The van der Waals surface area contributed by atoms with Crippen LogP contribution in [0.1, 0.15) is 24.8 Å². The second kappa shape index (κ2) is 3.95. The van der Waals surface area contributed by atoms with E-state index >= 15 is 0 Å². The molecule has 2 N–H and O–H groups in total. The molecule has 2 rings (SSSR count). The second-order valence-corrected chi connectivity index (χ2v) is 5.36. The maximum atomic E-state index is 6.04. The largest absolute Gasteiger partial charge is 0.325 e. The zero-order chi connectivity index (χ0) is 10.0. The lowest BCUT2D eigenvalue weighted by Gasteiger charge is -2.08. The van der Waals surface area contributed by atoms with Crippen molar-refractivity contribution in [3.05, 3.63) is 29.8 Å². The summed E-state index contributed by atoms with van der Waals surface area (Å²) in [5.41, 5.74) is 7.61. The molecule has 1 aromatic rings. The van der Waals surface area contributed by atoms with Gasteiger partial charge in [-0.1, -0.05) is 18.2 Å². The van der Waals surface area contributed by atoms with E-state index in [9.17, 15) is 0 Å². The molecule has 0 atom stereocenters. The Morgan fingerprint density at radius 3 is 2.71 bits per heavy atom. The maximum Gasteiger partial charge on any atom is 0.0163 e. The summed E-state index contributed by atoms with van der Waals surface area (Å²) in [5, 5.41) is 0. The van der Waals surface area contributed by atoms with Gasteiger partial charge in [-0.2, -0.15) is 0 Å². The molecule has 0 spiro atoms. The van der Waals surface area contributed by atoms with Gasteiger partial charge in [0.05, 0.1) is 0 Å². The van der Waals surface area contributed by atoms with Crippen LogP contribution in [0.3, 0.4) is 0 Å². The Hall–Kier alpha value is -0.470. The molecule has 2 heteroatoms. The van der Waals surface area contributed by atoms with Crippen LogP contribution >= 0.6 is 11.8 Å². The normalized spacial score (nSPS) is 18.1. The van der Waals surface area contributed by atoms with Crippen molar-refractivity contribution in [2.24, 2.45) is 5.73 Å². The van der Waals surface area contributed by atoms with Gasteiger partial charge < -0.3 is 5.73 Å². The highest BCUT2D eigenvalue weighted by Crippen LogP contribution is 2.37. The average Bonchev–Trinajstić information content (AvgIpc) is 2.88. The number of hydrogen-bond donors (Lipinski definition) is 1. The minimum Gasteiger partial charge on any atom is -0.325 e. The molecule has 1 fully saturated rings. The van der Waals surface area contributed by atoms with Gasteiger partial charge in [0, 0.05) is 10.4 Å². The fourth-order valence-corrected chi connectivity index (χ4v) is 2.69. The molecule has 76 valence electrons. The van der Waals surface area contributed by atoms with E-state index in [0.29, 0.717) is 0 Å². The molecule has 0 heterocycles. The van der Waals surface area contributed by atoms with Crippen LogP contribution in [0.2, 0.25) is 0 Å². The molecule has 1 aliphatic carbocycles. The molecule has 1 saturated carbocycles. The minimum atomic E-state index is 0.204. The first-order chi connectivity index (χ1) is 6.70. The van der Waals surface area contributed by atoms with E-state index in [0.717, 1.165) is 12.2 Å². The van der Waals surface area contributed by atoms with Gasteiger partial charge in [-0.3, -0.25) is 0 Å². The third-order valence-electron chi connectivity index (χ3n) is 2.84. The van der Waals surface area contributed by atoms with Crippen molar-refractivity contribution >= 4 is 11.8 Å². The van der Waals surface area contributed by atoms with Gasteiger partial charge in [0.2, 0.25) is 0 Å². The van der Waals surface area contributed by atoms with Crippen molar-refractivity contribution in [1.82, 2.24) is 0 Å². The summed E-state index contributed by atoms with van der Waals surface area (Å²) in [6, 6.07) is 8.54. The summed E-state index contributed by atoms with van der Waals surface area (Å²) in [6.07, 6.45) is 3.61. The number of hydrogen-bond acceptors (Lipinski definition) is 2. The Balaban J connectivity index is 1.83. The van der Waals surface area contributed by atoms with Crippen LogP contribution < -0.4 is 5.73 Å². The predicted molar refractivity (Wildman–Crippen MR) is 62.7 cm³/mol. The maximum absolute atomic E-state index is 6.04. The molecule has 0 unspecified atom stereocenters. The zero-order valence-electron chi connectivity index (χ0n) is 8.62. The molecule has 0 saturated heterocycles. The summed E-state index contributed by atoms with van der Waals surface area (Å²) in [7, 11) is 0. The topological polar surface area (TPSA) is 26.0 Å². The van der Waals surface area contributed by atoms with Crippen LogP contribution in [-0.2, 0) is 0 Å². The predicted octanol–water partition coefficient (Wildman–Crippen LogP) is 2.97. The van der Waals surface area contributed by atoms with Gasteiger partial charge in [0.25, 0.3) is 0 Å². The van der Waals surface area contributed by atoms with Crippen molar-refractivity contribution < 1.29 is 0 Å². The Kier molecular flexibility index (Phi) is 2.84. The highest BCUT2D eigenvalue weighted by molar-refractivity contribution is 7.99. The number of rotatable bonds is 4. The van der Waals surface area contributed by atoms with E-state index < -0.39 is 0 Å². The SMILES string of the molecule is Cc1ccccc1SCCC1(N)CC1. The molecule has 1 aliphatic rings. The molecule has 1 aromatic carbocycles. The van der Waals surface area contributed by atoms with Crippen LogP contribution in [0, 0.1) is 6.92 Å². The van der Waals surface area contributed by atoms with Crippen LogP contribution in [0.15, 0.2) is 29.2 Å². The van der Waals surface area contributed by atoms with E-state index in [1.165, 1.54) is 23.3 Å². The zero-order valence-corrected chi connectivity index (χ0v) is 9.44. The van der Waals surface area contributed by atoms with Crippen molar-refractivity contribution in [1.29, 1.82) is 0 Å². The Morgan fingerprint density at radius 1 is 1.36 bits per heavy atom. The summed E-state index contributed by atoms with van der Waals surface area (Å²) in [5.74, 6) is 1.15. The van der Waals surface area contributed by atoms with Gasteiger partial charge in [-0.05, 0) is 43.6 Å². The standard InChI is InChI=1S/C12H17NS/c1-10-4-2-3-5-11(10)14-9-8-12(13)6-7-12/h2-5H,6-9,13H2,1H3. The van der Waals surface area contributed by atoms with Crippen LogP contribution in [-0.4, -0.2) is 11.3 Å². The molecule has 0 aliphatic heterocycles. The average molecular weight is 207 g/mol. The molecule has 14 heavy (non-hydrogen) atoms. The summed E-state index contributed by atoms with van der Waals surface area (Å²) < 4.78 is 0. The van der Waals surface area contributed by atoms with Crippen molar-refractivity contribution in [2.75, 3.05) is 5.75 Å². The van der Waals surface area contributed by atoms with Crippen molar-refractivity contribution in [3.63, 3.8) is 0 Å². The Labute approximate surface area is 90.1 Å². The van der Waals surface area contributed by atoms with E-state index in [1.807, 2.05) is 11.8 Å². The number of benzene rings is 1. The number of nitrogens with two attached hydrogens (primary N) is 1. The highest BCUT2D eigenvalue weighted by atomic mass is 32.2. The monoisotopic (exact) mass is 207 g/mol. The van der Waals surface area contributed by atoms with E-state index in [-0.39, 0.29) is 5.54 Å². The molecular formula is C12H17NS. The molecular weight excluding hydrogens is 190 g/mol. The molecule has 0 amide bonds. The Bertz CT molecular complexity index is 318. The lowest BCUT2D eigenvalue weighted by atomic mass is 10.2. The van der Waals surface area contributed by atoms with E-state index in [1.54, 1.807) is 0 Å². The van der Waals surface area contributed by atoms with Crippen LogP contribution in [0.5, 0.6) is 0 Å². The lowest BCUT2D eigenvalue weighted by molar-refractivity contribution is 0.656. The van der Waals surface area contributed by atoms with Gasteiger partial charge in [0.1, 0.15) is 0 Å². The van der Waals surface area contributed by atoms with Crippen molar-refractivity contribution in [2.45, 2.75) is 36.6 Å². The van der Waals surface area contributed by atoms with Gasteiger partial charge in [0.15, 0.2) is 0 Å². The minimum absolute atomic E-state index is 0.204. The summed E-state index contributed by atoms with van der Waals surface area (Å²) in [6.45, 7) is 2.16. The van der Waals surface area contributed by atoms with Gasteiger partial charge >= 0.3 is 0 Å². The quantitative estimate of drug-likeness (QED) is 0.768. The smallest absolute Gasteiger partial charge is 0.0163 e. The first-order valence-corrected chi connectivity index (χ1v) is 6.16. The highest BCUT2D eigenvalue weighted by Gasteiger charge is 2.37. The number of thioether (sulfide) groups is 1. The van der Waals surface area contributed by atoms with Gasteiger partial charge in [-0.25, -0.2) is 0 Å². The number of aryl methyl sites for hydroxylation is 1. The molecule has 0 aromatic heterocycles. The van der Waals surface area contributed by atoms with Crippen LogP contribution in [0.4, 0.5) is 0 Å². The van der Waals surface area contributed by atoms with E-state index in [4.69, 9.17) is 5.73 Å². The Morgan fingerprint density at radius 2 is 2.07 bits per heavy atom. The first-order valence-electron chi connectivity index (χ1n) is 5.17.